The Labute approximate surface area is 120 Å². The largest absolute Gasteiger partial charge is 0.455 e. The van der Waals surface area contributed by atoms with Crippen molar-refractivity contribution in [3.8, 4) is 0 Å². The van der Waals surface area contributed by atoms with Crippen molar-refractivity contribution in [2.75, 3.05) is 11.9 Å². The van der Waals surface area contributed by atoms with Crippen LogP contribution < -0.4 is 5.32 Å². The molecule has 1 amide bonds. The highest BCUT2D eigenvalue weighted by atomic mass is 79.9. The van der Waals surface area contributed by atoms with Gasteiger partial charge in [-0.2, -0.15) is 0 Å². The van der Waals surface area contributed by atoms with Gasteiger partial charge in [-0.15, -0.1) is 0 Å². The van der Waals surface area contributed by atoms with Crippen LogP contribution in [0.2, 0.25) is 0 Å². The number of halogens is 1. The van der Waals surface area contributed by atoms with Crippen LogP contribution in [0.15, 0.2) is 22.7 Å². The fourth-order valence-electron chi connectivity index (χ4n) is 1.81. The second kappa shape index (κ2) is 5.74. The van der Waals surface area contributed by atoms with Gasteiger partial charge in [0.25, 0.3) is 5.91 Å². The van der Waals surface area contributed by atoms with Gasteiger partial charge in [0.15, 0.2) is 6.61 Å². The highest BCUT2D eigenvalue weighted by Gasteiger charge is 2.40. The van der Waals surface area contributed by atoms with Gasteiger partial charge in [0.05, 0.1) is 5.92 Å². The number of hydrogen-bond donors (Lipinski definition) is 1. The van der Waals surface area contributed by atoms with Crippen LogP contribution in [0.3, 0.4) is 0 Å². The SMILES string of the molecule is Cc1cc(NC(=O)COC(=O)[C@@H]2C[C@@H]2C)ccc1Br. The molecule has 0 heterocycles. The number of anilines is 1. The van der Waals surface area contributed by atoms with Crippen molar-refractivity contribution in [2.45, 2.75) is 20.3 Å². The first-order valence-corrected chi connectivity index (χ1v) is 6.99. The van der Waals surface area contributed by atoms with E-state index in [1.54, 1.807) is 6.07 Å². The number of aryl methyl sites for hydroxylation is 1. The smallest absolute Gasteiger partial charge is 0.309 e. The molecule has 5 heteroatoms. The van der Waals surface area contributed by atoms with Gasteiger partial charge in [-0.3, -0.25) is 9.59 Å². The Morgan fingerprint density at radius 3 is 2.74 bits per heavy atom. The fraction of sp³-hybridized carbons (Fsp3) is 0.429. The number of rotatable bonds is 4. The maximum absolute atomic E-state index is 11.6. The average molecular weight is 326 g/mol. The summed E-state index contributed by atoms with van der Waals surface area (Å²) in [6, 6.07) is 5.51. The summed E-state index contributed by atoms with van der Waals surface area (Å²) in [4.78, 5) is 23.1. The van der Waals surface area contributed by atoms with E-state index in [0.29, 0.717) is 11.6 Å². The van der Waals surface area contributed by atoms with Crippen molar-refractivity contribution < 1.29 is 14.3 Å². The van der Waals surface area contributed by atoms with Gasteiger partial charge < -0.3 is 10.1 Å². The van der Waals surface area contributed by atoms with E-state index in [1.807, 2.05) is 26.0 Å². The molecule has 0 spiro atoms. The van der Waals surface area contributed by atoms with Gasteiger partial charge in [-0.25, -0.2) is 0 Å². The van der Waals surface area contributed by atoms with Crippen LogP contribution in [0.25, 0.3) is 0 Å². The van der Waals surface area contributed by atoms with Crippen molar-refractivity contribution in [3.05, 3.63) is 28.2 Å². The lowest BCUT2D eigenvalue weighted by atomic mass is 10.2. The molecule has 102 valence electrons. The van der Waals surface area contributed by atoms with Crippen molar-refractivity contribution >= 4 is 33.5 Å². The van der Waals surface area contributed by atoms with Crippen LogP contribution in [0.5, 0.6) is 0 Å². The van der Waals surface area contributed by atoms with Gasteiger partial charge >= 0.3 is 5.97 Å². The Morgan fingerprint density at radius 2 is 2.16 bits per heavy atom. The quantitative estimate of drug-likeness (QED) is 0.866. The minimum Gasteiger partial charge on any atom is -0.455 e. The molecule has 0 aromatic heterocycles. The Bertz CT molecular complexity index is 515. The highest BCUT2D eigenvalue weighted by Crippen LogP contribution is 2.38. The summed E-state index contributed by atoms with van der Waals surface area (Å²) >= 11 is 3.39. The monoisotopic (exact) mass is 325 g/mol. The van der Waals surface area contributed by atoms with Crippen molar-refractivity contribution in [3.63, 3.8) is 0 Å². The predicted molar refractivity (Wildman–Crippen MR) is 75.7 cm³/mol. The third-order valence-corrected chi connectivity index (χ3v) is 4.09. The molecular weight excluding hydrogens is 310 g/mol. The summed E-state index contributed by atoms with van der Waals surface area (Å²) in [5, 5.41) is 2.70. The second-order valence-corrected chi connectivity index (χ2v) is 5.79. The lowest BCUT2D eigenvalue weighted by Crippen LogP contribution is -2.21. The number of hydrogen-bond acceptors (Lipinski definition) is 3. The van der Waals surface area contributed by atoms with Crippen LogP contribution in [0.1, 0.15) is 18.9 Å². The standard InChI is InChI=1S/C14H16BrNO3/c1-8-6-11(8)14(18)19-7-13(17)16-10-3-4-12(15)9(2)5-10/h3-5,8,11H,6-7H2,1-2H3,(H,16,17)/t8-,11+/m0/s1. The molecule has 0 aliphatic heterocycles. The molecule has 4 nitrogen and oxygen atoms in total. The summed E-state index contributed by atoms with van der Waals surface area (Å²) in [5.41, 5.74) is 1.73. The van der Waals surface area contributed by atoms with Gasteiger partial charge in [0.2, 0.25) is 0 Å². The lowest BCUT2D eigenvalue weighted by Gasteiger charge is -2.07. The maximum Gasteiger partial charge on any atom is 0.309 e. The van der Waals surface area contributed by atoms with Crippen LogP contribution in [0.4, 0.5) is 5.69 Å². The number of carbonyl (C=O) groups excluding carboxylic acids is 2. The minimum absolute atomic E-state index is 0.0114. The zero-order valence-electron chi connectivity index (χ0n) is 10.9. The van der Waals surface area contributed by atoms with E-state index >= 15 is 0 Å². The number of ether oxygens (including phenoxy) is 1. The third-order valence-electron chi connectivity index (χ3n) is 3.20. The molecule has 0 bridgehead atoms. The summed E-state index contributed by atoms with van der Waals surface area (Å²) < 4.78 is 5.95. The molecule has 1 aliphatic carbocycles. The number of benzene rings is 1. The zero-order chi connectivity index (χ0) is 14.0. The topological polar surface area (TPSA) is 55.4 Å². The van der Waals surface area contributed by atoms with Crippen molar-refractivity contribution in [2.24, 2.45) is 11.8 Å². The van der Waals surface area contributed by atoms with Crippen LogP contribution in [-0.4, -0.2) is 18.5 Å². The van der Waals surface area contributed by atoms with Gasteiger partial charge in [-0.1, -0.05) is 22.9 Å². The molecule has 1 aliphatic rings. The minimum atomic E-state index is -0.316. The fourth-order valence-corrected chi connectivity index (χ4v) is 2.06. The Kier molecular flexibility index (Phi) is 4.24. The van der Waals surface area contributed by atoms with Crippen molar-refractivity contribution in [1.82, 2.24) is 0 Å². The Hall–Kier alpha value is -1.36. The van der Waals surface area contributed by atoms with Gasteiger partial charge in [0, 0.05) is 10.2 Å². The number of amides is 1. The third kappa shape index (κ3) is 3.80. The molecule has 1 aromatic carbocycles. The molecule has 1 N–H and O–H groups in total. The summed E-state index contributed by atoms with van der Waals surface area (Å²) in [5.74, 6) is -0.203. The summed E-state index contributed by atoms with van der Waals surface area (Å²) in [6.07, 6.45) is 0.867. The summed E-state index contributed by atoms with van der Waals surface area (Å²) in [6.45, 7) is 3.71. The molecule has 0 radical (unpaired) electrons. The molecule has 0 unspecified atom stereocenters. The van der Waals surface area contributed by atoms with Crippen LogP contribution >= 0.6 is 15.9 Å². The Balaban J connectivity index is 1.80. The molecule has 1 fully saturated rings. The molecule has 1 saturated carbocycles. The Morgan fingerprint density at radius 1 is 1.47 bits per heavy atom. The average Bonchev–Trinajstić information content (AvgIpc) is 3.08. The van der Waals surface area contributed by atoms with E-state index in [1.165, 1.54) is 0 Å². The van der Waals surface area contributed by atoms with Gasteiger partial charge in [-0.05, 0) is 43.0 Å². The van der Waals surface area contributed by atoms with Crippen molar-refractivity contribution in [1.29, 1.82) is 0 Å². The number of esters is 1. The van der Waals surface area contributed by atoms with E-state index in [9.17, 15) is 9.59 Å². The highest BCUT2D eigenvalue weighted by molar-refractivity contribution is 9.10. The lowest BCUT2D eigenvalue weighted by molar-refractivity contribution is -0.148. The predicted octanol–water partition coefficient (Wildman–Crippen LogP) is 2.90. The normalized spacial score (nSPS) is 20.8. The molecular formula is C14H16BrNO3. The second-order valence-electron chi connectivity index (χ2n) is 4.94. The maximum atomic E-state index is 11.6. The molecule has 2 rings (SSSR count). The zero-order valence-corrected chi connectivity index (χ0v) is 12.5. The number of carbonyl (C=O) groups is 2. The molecule has 19 heavy (non-hydrogen) atoms. The van der Waals surface area contributed by atoms with E-state index in [4.69, 9.17) is 4.74 Å². The van der Waals surface area contributed by atoms with Crippen LogP contribution in [-0.2, 0) is 14.3 Å². The number of nitrogens with one attached hydrogen (secondary N) is 1. The van der Waals surface area contributed by atoms with E-state index in [0.717, 1.165) is 16.5 Å². The molecule has 1 aromatic rings. The van der Waals surface area contributed by atoms with Crippen LogP contribution in [0, 0.1) is 18.8 Å². The molecule has 0 saturated heterocycles. The molecule has 2 atom stereocenters. The first-order valence-electron chi connectivity index (χ1n) is 6.20. The van der Waals surface area contributed by atoms with E-state index in [2.05, 4.69) is 21.2 Å². The van der Waals surface area contributed by atoms with E-state index in [-0.39, 0.29) is 24.4 Å². The summed E-state index contributed by atoms with van der Waals surface area (Å²) in [7, 11) is 0. The van der Waals surface area contributed by atoms with Gasteiger partial charge in [0.1, 0.15) is 0 Å². The first-order chi connectivity index (χ1) is 8.97. The first kappa shape index (κ1) is 14.1. The van der Waals surface area contributed by atoms with E-state index < -0.39 is 0 Å².